The predicted molar refractivity (Wildman–Crippen MR) is 320 cm³/mol. The van der Waals surface area contributed by atoms with Crippen molar-refractivity contribution in [3.63, 3.8) is 0 Å². The summed E-state index contributed by atoms with van der Waals surface area (Å²) >= 11 is 0. The molecule has 0 radical (unpaired) electrons. The first kappa shape index (κ1) is 62.7. The SMILES string of the molecule is C=CC1C[C@]1(NC(=O)C1C[C@@H](Oc2cc(-c3ccccc3)nc3cc(OC)ccc23)CN1)C(=O)OCC.C=CC1C[C@]1(NC(=O)C1C[C@@H](Oc2cc(-c3ccccc3)nc3cc(OC)ccc23)CN1C(=O)OC(C)(C)C)C(=O)OCC.Cl.Cl. The molecule has 10 rings (SSSR count). The Morgan fingerprint density at radius 2 is 1.13 bits per heavy atom. The van der Waals surface area contributed by atoms with Crippen LogP contribution in [0.15, 0.2) is 135 Å². The van der Waals surface area contributed by atoms with Crippen molar-refractivity contribution in [2.75, 3.05) is 40.5 Å². The van der Waals surface area contributed by atoms with Crippen molar-refractivity contribution in [1.82, 2.24) is 30.8 Å². The van der Waals surface area contributed by atoms with Gasteiger partial charge >= 0.3 is 18.0 Å². The Kier molecular flexibility index (Phi) is 20.0. The zero-order valence-electron chi connectivity index (χ0n) is 47.6. The molecule has 2 saturated carbocycles. The lowest BCUT2D eigenvalue weighted by molar-refractivity contribution is -0.149. The van der Waals surface area contributed by atoms with E-state index in [0.29, 0.717) is 60.0 Å². The van der Waals surface area contributed by atoms with Crippen molar-refractivity contribution < 1.29 is 57.1 Å². The van der Waals surface area contributed by atoms with Crippen LogP contribution in [0.1, 0.15) is 60.3 Å². The average molecular weight is 1180 g/mol. The highest BCUT2D eigenvalue weighted by molar-refractivity contribution is 5.96. The number of rotatable bonds is 18. The first-order valence-electron chi connectivity index (χ1n) is 27.3. The molecule has 3 N–H and O–H groups in total. The van der Waals surface area contributed by atoms with Crippen molar-refractivity contribution in [2.24, 2.45) is 11.8 Å². The number of ether oxygens (including phenoxy) is 7. The molecule has 8 atom stereocenters. The summed E-state index contributed by atoms with van der Waals surface area (Å²) in [5, 5.41) is 10.7. The van der Waals surface area contributed by atoms with Gasteiger partial charge in [-0.3, -0.25) is 14.5 Å². The maximum atomic E-state index is 13.8. The van der Waals surface area contributed by atoms with E-state index in [1.807, 2.05) is 109 Å². The fourth-order valence-corrected chi connectivity index (χ4v) is 10.5. The second-order valence-electron chi connectivity index (χ2n) is 21.5. The quantitative estimate of drug-likeness (QED) is 0.0415. The Hall–Kier alpha value is -7.93. The molecule has 440 valence electrons. The summed E-state index contributed by atoms with van der Waals surface area (Å²) in [6.45, 7) is 17.4. The molecule has 2 aromatic heterocycles. The number of nitrogens with one attached hydrogen (secondary N) is 3. The molecule has 4 aliphatic rings. The van der Waals surface area contributed by atoms with Gasteiger partial charge in [0.15, 0.2) is 0 Å². The van der Waals surface area contributed by atoms with E-state index >= 15 is 0 Å². The largest absolute Gasteiger partial charge is 0.497 e. The van der Waals surface area contributed by atoms with Crippen LogP contribution in [0.3, 0.4) is 0 Å². The van der Waals surface area contributed by atoms with Gasteiger partial charge in [-0.2, -0.15) is 0 Å². The average Bonchev–Trinajstić information content (AvgIpc) is 2.18. The van der Waals surface area contributed by atoms with Gasteiger partial charge in [-0.25, -0.2) is 24.4 Å². The number of methoxy groups -OCH3 is 2. The molecule has 4 fully saturated rings. The molecule has 18 nitrogen and oxygen atoms in total. The number of benzene rings is 4. The van der Waals surface area contributed by atoms with Crippen LogP contribution in [0.4, 0.5) is 4.79 Å². The van der Waals surface area contributed by atoms with E-state index in [1.165, 1.54) is 4.90 Å². The highest BCUT2D eigenvalue weighted by Crippen LogP contribution is 2.47. The molecule has 4 aromatic carbocycles. The van der Waals surface area contributed by atoms with E-state index < -0.39 is 58.8 Å². The number of aromatic nitrogens is 2. The third kappa shape index (κ3) is 13.9. The van der Waals surface area contributed by atoms with E-state index in [9.17, 15) is 24.0 Å². The number of halogens is 2. The van der Waals surface area contributed by atoms with Crippen molar-refractivity contribution in [3.05, 3.63) is 135 Å². The number of esters is 2. The fourth-order valence-electron chi connectivity index (χ4n) is 10.5. The summed E-state index contributed by atoms with van der Waals surface area (Å²) in [4.78, 5) is 76.7. The summed E-state index contributed by atoms with van der Waals surface area (Å²) < 4.78 is 40.0. The molecule has 6 aromatic rings. The number of amides is 3. The molecule has 2 saturated heterocycles. The first-order valence-corrected chi connectivity index (χ1v) is 27.3. The van der Waals surface area contributed by atoms with Gasteiger partial charge in [0.05, 0.1) is 62.4 Å². The minimum absolute atomic E-state index is 0. The van der Waals surface area contributed by atoms with E-state index in [2.05, 4.69) is 29.1 Å². The molecule has 4 unspecified atom stereocenters. The van der Waals surface area contributed by atoms with Crippen LogP contribution in [0.25, 0.3) is 44.3 Å². The summed E-state index contributed by atoms with van der Waals surface area (Å²) in [5.41, 5.74) is 1.83. The highest BCUT2D eigenvalue weighted by Gasteiger charge is 2.63. The molecule has 2 aliphatic heterocycles. The normalized spacial score (nSPS) is 22.9. The van der Waals surface area contributed by atoms with Crippen molar-refractivity contribution in [3.8, 4) is 45.5 Å². The zero-order chi connectivity index (χ0) is 57.6. The standard InChI is InChI=1S/C34H39N3O7.C29H31N3O5.2ClH/c1-7-22-19-34(22,31(39)42-8-2)36-30(38)28-17-24(20-37(28)32(40)44-33(3,4)5)43-29-18-26(21-12-10-9-11-13-21)35-27-16-23(41-6)14-15-25(27)29;1-4-19-16-29(19,28(34)36-5-2)32-27(33)25-14-21(17-30-25)37-26-15-23(18-9-7-6-8-10-18)31-24-13-20(35-3)11-12-22(24)26;;/h7,9-16,18,22,24,28H,1,8,17,19-20H2,2-6H3,(H,36,38);4,6-13,15,19,21,25,30H,1,5,14,16-17H2,2-3H3,(H,32,33);2*1H/t22?,24-,28?,34-;19?,21-,25?,29-;;/m11../s1. The maximum absolute atomic E-state index is 13.8. The topological polar surface area (TPSA) is 215 Å². The Labute approximate surface area is 495 Å². The number of hydrogen-bond acceptors (Lipinski definition) is 15. The van der Waals surface area contributed by atoms with Gasteiger partial charge in [-0.15, -0.1) is 38.0 Å². The summed E-state index contributed by atoms with van der Waals surface area (Å²) in [5.74, 6) is 0.593. The van der Waals surface area contributed by atoms with Crippen LogP contribution in [0, 0.1) is 11.8 Å². The Balaban J connectivity index is 0.000000236. The number of carbonyl (C=O) groups is 5. The van der Waals surface area contributed by atoms with Crippen LogP contribution in [-0.4, -0.2) is 126 Å². The highest BCUT2D eigenvalue weighted by atomic mass is 35.5. The summed E-state index contributed by atoms with van der Waals surface area (Å²) in [6, 6.07) is 33.3. The van der Waals surface area contributed by atoms with Crippen LogP contribution in [-0.2, 0) is 33.4 Å². The zero-order valence-corrected chi connectivity index (χ0v) is 49.3. The molecular formula is C63H72Cl2N6O12. The maximum Gasteiger partial charge on any atom is 0.411 e. The number of likely N-dealkylation sites (tertiary alicyclic amines) is 1. The molecular weight excluding hydrogens is 1100 g/mol. The molecule has 3 amide bonds. The lowest BCUT2D eigenvalue weighted by atomic mass is 10.1. The lowest BCUT2D eigenvalue weighted by Gasteiger charge is -2.28. The van der Waals surface area contributed by atoms with E-state index in [0.717, 1.165) is 33.1 Å². The fraction of sp³-hybridized carbons (Fsp3) is 0.381. The van der Waals surface area contributed by atoms with E-state index in [1.54, 1.807) is 61.0 Å². The third-order valence-electron chi connectivity index (χ3n) is 14.9. The monoisotopic (exact) mass is 1170 g/mol. The number of carbonyl (C=O) groups excluding carboxylic acids is 5. The molecule has 0 spiro atoms. The molecule has 83 heavy (non-hydrogen) atoms. The van der Waals surface area contributed by atoms with Gasteiger partial charge in [0, 0.05) is 77.4 Å². The second-order valence-corrected chi connectivity index (χ2v) is 21.5. The van der Waals surface area contributed by atoms with Gasteiger partial charge in [-0.05, 0) is 71.7 Å². The van der Waals surface area contributed by atoms with Gasteiger partial charge in [0.2, 0.25) is 11.8 Å². The van der Waals surface area contributed by atoms with Crippen LogP contribution in [0.2, 0.25) is 0 Å². The molecule has 0 bridgehead atoms. The summed E-state index contributed by atoms with van der Waals surface area (Å²) in [7, 11) is 3.22. The van der Waals surface area contributed by atoms with Gasteiger partial charge < -0.3 is 49.1 Å². The minimum Gasteiger partial charge on any atom is -0.497 e. The minimum atomic E-state index is -1.20. The van der Waals surface area contributed by atoms with Crippen molar-refractivity contribution in [2.45, 2.75) is 101 Å². The Morgan fingerprint density at radius 1 is 0.663 bits per heavy atom. The molecule has 20 heteroatoms. The van der Waals surface area contributed by atoms with Crippen molar-refractivity contribution in [1.29, 1.82) is 0 Å². The number of fused-ring (bicyclic) bond motifs is 2. The van der Waals surface area contributed by atoms with Crippen molar-refractivity contribution >= 4 is 76.5 Å². The van der Waals surface area contributed by atoms with Gasteiger partial charge in [0.1, 0.15) is 57.9 Å². The van der Waals surface area contributed by atoms with Crippen LogP contribution in [0.5, 0.6) is 23.0 Å². The van der Waals surface area contributed by atoms with Gasteiger partial charge in [0.25, 0.3) is 0 Å². The Morgan fingerprint density at radius 3 is 1.57 bits per heavy atom. The summed E-state index contributed by atoms with van der Waals surface area (Å²) in [6.07, 6.45) is 3.43. The molecule has 2 aliphatic carbocycles. The van der Waals surface area contributed by atoms with E-state index in [4.69, 9.17) is 43.1 Å². The number of hydrogen-bond donors (Lipinski definition) is 3. The predicted octanol–water partition coefficient (Wildman–Crippen LogP) is 9.78. The smallest absolute Gasteiger partial charge is 0.411 e. The number of nitrogens with zero attached hydrogens (tertiary/aromatic N) is 3. The van der Waals surface area contributed by atoms with Crippen LogP contribution < -0.4 is 34.9 Å². The molecule has 4 heterocycles. The van der Waals surface area contributed by atoms with Gasteiger partial charge in [-0.1, -0.05) is 72.8 Å². The van der Waals surface area contributed by atoms with Crippen LogP contribution >= 0.6 is 24.8 Å². The first-order chi connectivity index (χ1) is 38.9. The lowest BCUT2D eigenvalue weighted by Crippen LogP contribution is -2.53. The second kappa shape index (κ2) is 26.5. The number of pyridine rings is 2. The third-order valence-corrected chi connectivity index (χ3v) is 14.9. The Bertz CT molecular complexity index is 3350. The van der Waals surface area contributed by atoms with E-state index in [-0.39, 0.29) is 74.8 Å².